The van der Waals surface area contributed by atoms with Crippen LogP contribution in [0.2, 0.25) is 0 Å². The van der Waals surface area contributed by atoms with Crippen LogP contribution in [0.5, 0.6) is 0 Å². The van der Waals surface area contributed by atoms with Crippen molar-refractivity contribution in [2.24, 2.45) is 0 Å². The topological polar surface area (TPSA) is 0 Å². The maximum Gasteiger partial charge on any atom is 0 e. The van der Waals surface area contributed by atoms with Gasteiger partial charge in [0, 0.05) is 20.1 Å². The molecule has 1 radical (unpaired) electrons. The van der Waals surface area contributed by atoms with E-state index in [9.17, 15) is 25.2 Å². The predicted molar refractivity (Wildman–Crippen MR) is 180 cm³/mol. The van der Waals surface area contributed by atoms with Gasteiger partial charge in [-0.05, 0) is 76.1 Å². The SMILES string of the molecule is C1=C\CC/C=C\CC/1.CP(c1ccccc1)c1ccccc1.CP(c1ccccc1)c1ccccc1.F[P-](F)(F)(F)(F)F.[Ir]. The molecule has 4 aromatic carbocycles. The quantitative estimate of drug-likeness (QED) is 0.109. The van der Waals surface area contributed by atoms with Gasteiger partial charge >= 0.3 is 33.0 Å². The van der Waals surface area contributed by atoms with E-state index in [2.05, 4.69) is 159 Å². The molecule has 1 aliphatic carbocycles. The van der Waals surface area contributed by atoms with Crippen molar-refractivity contribution in [2.75, 3.05) is 13.3 Å². The molecule has 0 saturated heterocycles. The minimum Gasteiger partial charge on any atom is 0 e. The molecule has 10 heteroatoms. The standard InChI is InChI=1S/2C13H13P.C8H12.F6P.Ir/c2*1-14(12-8-4-2-5-9-12)13-10-6-3-7-11-13;1-2-4-6-8-7-5-3-1;1-7(2,3,4,5)6;/h2*2-11H,1H3;1-2,7-8H,3-6H2;;/q;;;-1;/b;;2-1-,8-7-;;. The molecule has 0 fully saturated rings. The van der Waals surface area contributed by atoms with Gasteiger partial charge in [0.25, 0.3) is 0 Å². The molecule has 44 heavy (non-hydrogen) atoms. The van der Waals surface area contributed by atoms with Crippen molar-refractivity contribution in [3.8, 4) is 0 Å². The van der Waals surface area contributed by atoms with Gasteiger partial charge in [0.2, 0.25) is 0 Å². The van der Waals surface area contributed by atoms with Crippen LogP contribution in [-0.4, -0.2) is 13.3 Å². The fourth-order valence-electron chi connectivity index (χ4n) is 3.76. The molecule has 0 spiro atoms. The zero-order valence-electron chi connectivity index (χ0n) is 24.6. The van der Waals surface area contributed by atoms with Crippen molar-refractivity contribution in [1.82, 2.24) is 0 Å². The Balaban J connectivity index is 0.000000305. The first-order valence-electron chi connectivity index (χ1n) is 13.7. The van der Waals surface area contributed by atoms with Gasteiger partial charge in [0.05, 0.1) is 0 Å². The van der Waals surface area contributed by atoms with Crippen LogP contribution >= 0.6 is 23.7 Å². The maximum absolute atomic E-state index is 10.7. The molecule has 5 rings (SSSR count). The van der Waals surface area contributed by atoms with E-state index < -0.39 is 7.81 Å². The molecule has 0 aromatic heterocycles. The minimum absolute atomic E-state index is 0. The smallest absolute Gasteiger partial charge is 0 e. The third kappa shape index (κ3) is 20.8. The molecule has 0 saturated carbocycles. The largest absolute Gasteiger partial charge is 0 e. The summed E-state index contributed by atoms with van der Waals surface area (Å²) in [6, 6.07) is 42.8. The van der Waals surface area contributed by atoms with Gasteiger partial charge in [0.15, 0.2) is 0 Å². The Morgan fingerprint density at radius 3 is 0.705 bits per heavy atom. The van der Waals surface area contributed by atoms with E-state index in [1.54, 1.807) is 0 Å². The Hall–Kier alpha value is -2.12. The molecule has 0 N–H and O–H groups in total. The molecule has 241 valence electrons. The molecule has 0 unspecified atom stereocenters. The Morgan fingerprint density at radius 1 is 0.386 bits per heavy atom. The molecule has 4 aromatic rings. The maximum atomic E-state index is 9.87. The van der Waals surface area contributed by atoms with Crippen molar-refractivity contribution < 1.29 is 45.3 Å². The molecule has 0 heterocycles. The van der Waals surface area contributed by atoms with Crippen LogP contribution < -0.4 is 21.2 Å². The Morgan fingerprint density at radius 2 is 0.545 bits per heavy atom. The predicted octanol–water partition coefficient (Wildman–Crippen LogP) is 11.6. The number of hydrogen-bond donors (Lipinski definition) is 0. The van der Waals surface area contributed by atoms with Gasteiger partial charge in [-0.25, -0.2) is 0 Å². The van der Waals surface area contributed by atoms with Crippen LogP contribution in [0.15, 0.2) is 146 Å². The van der Waals surface area contributed by atoms with Crippen LogP contribution in [-0.2, 0) is 20.1 Å². The zero-order valence-corrected chi connectivity index (χ0v) is 29.7. The molecule has 0 bridgehead atoms. The summed E-state index contributed by atoms with van der Waals surface area (Å²) < 4.78 is 59.2. The molecule has 0 aliphatic heterocycles. The summed E-state index contributed by atoms with van der Waals surface area (Å²) in [6.45, 7) is 4.61. The number of rotatable bonds is 4. The van der Waals surface area contributed by atoms with Crippen LogP contribution in [0.4, 0.5) is 25.2 Å². The second-order valence-electron chi connectivity index (χ2n) is 9.52. The van der Waals surface area contributed by atoms with Crippen molar-refractivity contribution in [1.29, 1.82) is 0 Å². The third-order valence-electron chi connectivity index (χ3n) is 5.91. The van der Waals surface area contributed by atoms with Crippen molar-refractivity contribution in [2.45, 2.75) is 25.7 Å². The fraction of sp³-hybridized carbons (Fsp3) is 0.176. The van der Waals surface area contributed by atoms with E-state index in [1.165, 1.54) is 46.9 Å². The van der Waals surface area contributed by atoms with Crippen LogP contribution in [0.1, 0.15) is 25.7 Å². The average molecular weight is 846 g/mol. The molecular weight excluding hydrogens is 808 g/mol. The van der Waals surface area contributed by atoms with Crippen LogP contribution in [0, 0.1) is 0 Å². The number of halogens is 6. The monoisotopic (exact) mass is 846 g/mol. The second kappa shape index (κ2) is 18.8. The molecular formula is C34H38F6IrP3-. The molecule has 0 nitrogen and oxygen atoms in total. The molecule has 1 aliphatic rings. The van der Waals surface area contributed by atoms with Gasteiger partial charge in [-0.15, -0.1) is 0 Å². The summed E-state index contributed by atoms with van der Waals surface area (Å²) in [4.78, 5) is 0. The second-order valence-corrected chi connectivity index (χ2v) is 15.7. The summed E-state index contributed by atoms with van der Waals surface area (Å²) in [5.41, 5.74) is 0. The summed E-state index contributed by atoms with van der Waals surface area (Å²) in [6.07, 6.45) is 14.0. The van der Waals surface area contributed by atoms with E-state index in [-0.39, 0.29) is 35.9 Å². The number of hydrogen-bond acceptors (Lipinski definition) is 0. The Labute approximate surface area is 273 Å². The van der Waals surface area contributed by atoms with Gasteiger partial charge in [-0.1, -0.05) is 146 Å². The summed E-state index contributed by atoms with van der Waals surface area (Å²) in [5.74, 6) is 0. The van der Waals surface area contributed by atoms with Gasteiger partial charge < -0.3 is 0 Å². The molecule has 0 atom stereocenters. The Bertz CT molecular complexity index is 1170. The average Bonchev–Trinajstić information content (AvgIpc) is 2.97. The zero-order chi connectivity index (χ0) is 31.7. The van der Waals surface area contributed by atoms with Crippen LogP contribution in [0.25, 0.3) is 0 Å². The third-order valence-corrected chi connectivity index (χ3v) is 10.2. The van der Waals surface area contributed by atoms with E-state index in [4.69, 9.17) is 0 Å². The van der Waals surface area contributed by atoms with Gasteiger partial charge in [0.1, 0.15) is 0 Å². The van der Waals surface area contributed by atoms with E-state index in [0.29, 0.717) is 0 Å². The molecule has 0 amide bonds. The van der Waals surface area contributed by atoms with Gasteiger partial charge in [-0.2, -0.15) is 0 Å². The summed E-state index contributed by atoms with van der Waals surface area (Å²) in [7, 11) is -11.0. The van der Waals surface area contributed by atoms with Crippen LogP contribution in [0.3, 0.4) is 0 Å². The summed E-state index contributed by atoms with van der Waals surface area (Å²) >= 11 is 0. The van der Waals surface area contributed by atoms with E-state index in [0.717, 1.165) is 0 Å². The number of benzene rings is 4. The first-order chi connectivity index (χ1) is 20.2. The first kappa shape index (κ1) is 39.9. The normalized spacial score (nSPS) is 15.4. The minimum atomic E-state index is -10.7. The Kier molecular flexibility index (Phi) is 17.0. The fourth-order valence-corrected chi connectivity index (χ4v) is 6.83. The van der Waals surface area contributed by atoms with E-state index in [1.807, 2.05) is 0 Å². The first-order valence-corrected chi connectivity index (χ1v) is 19.4. The summed E-state index contributed by atoms with van der Waals surface area (Å²) in [5, 5.41) is 5.75. The van der Waals surface area contributed by atoms with Crippen molar-refractivity contribution >= 4 is 44.9 Å². The van der Waals surface area contributed by atoms with E-state index >= 15 is 0 Å². The van der Waals surface area contributed by atoms with Gasteiger partial charge in [-0.3, -0.25) is 0 Å². The van der Waals surface area contributed by atoms with Crippen molar-refractivity contribution in [3.05, 3.63) is 146 Å². The number of allylic oxidation sites excluding steroid dienone is 4. The van der Waals surface area contributed by atoms with Crippen molar-refractivity contribution in [3.63, 3.8) is 0 Å².